The van der Waals surface area contributed by atoms with Gasteiger partial charge in [0, 0.05) is 41.0 Å². The van der Waals surface area contributed by atoms with E-state index in [-0.39, 0.29) is 28.6 Å². The number of amides is 1. The lowest BCUT2D eigenvalue weighted by Crippen LogP contribution is -2.29. The molecule has 6 aromatic rings. The zero-order chi connectivity index (χ0) is 35.3. The SMILES string of the molecule is COc1ccc(C(=O)Nc2ccc(Oc3cc4cnn5c4c(c3-c3cnn(C(=O)OC(C)(C)C)c3)CC5)c(F)c2)c(=O)n1-c1ccc(F)cc1. The number of ether oxygens (including phenoxy) is 3. The molecule has 0 aliphatic carbocycles. The highest BCUT2D eigenvalue weighted by molar-refractivity contribution is 6.04. The lowest BCUT2D eigenvalue weighted by atomic mass is 9.97. The molecule has 0 radical (unpaired) electrons. The molecule has 1 amide bonds. The Morgan fingerprint density at radius 1 is 0.940 bits per heavy atom. The van der Waals surface area contributed by atoms with Crippen molar-refractivity contribution in [2.24, 2.45) is 0 Å². The topological polar surface area (TPSA) is 132 Å². The molecule has 0 bridgehead atoms. The first-order chi connectivity index (χ1) is 23.9. The summed E-state index contributed by atoms with van der Waals surface area (Å²) in [6.07, 6.45) is 4.74. The van der Waals surface area contributed by atoms with Crippen molar-refractivity contribution in [1.29, 1.82) is 0 Å². The van der Waals surface area contributed by atoms with Crippen molar-refractivity contribution >= 4 is 28.6 Å². The molecule has 0 atom stereocenters. The molecule has 14 heteroatoms. The highest BCUT2D eigenvalue weighted by atomic mass is 19.1. The number of aryl methyl sites for hydroxylation is 2. The van der Waals surface area contributed by atoms with Crippen LogP contribution in [0, 0.1) is 11.6 Å². The van der Waals surface area contributed by atoms with Gasteiger partial charge in [-0.1, -0.05) is 0 Å². The number of rotatable bonds is 7. The van der Waals surface area contributed by atoms with Gasteiger partial charge in [-0.3, -0.25) is 14.3 Å². The van der Waals surface area contributed by atoms with E-state index >= 15 is 4.39 Å². The number of pyridine rings is 1. The van der Waals surface area contributed by atoms with E-state index in [0.29, 0.717) is 29.8 Å². The Kier molecular flexibility index (Phi) is 7.93. The number of halogens is 2. The van der Waals surface area contributed by atoms with Gasteiger partial charge >= 0.3 is 6.09 Å². The van der Waals surface area contributed by atoms with E-state index in [1.807, 2.05) is 4.68 Å². The van der Waals surface area contributed by atoms with E-state index in [9.17, 15) is 18.8 Å². The van der Waals surface area contributed by atoms with E-state index in [1.165, 1.54) is 68.0 Å². The molecule has 0 saturated carbocycles. The standard InChI is InChI=1S/C36H30F2N6O6/c1-36(2,3)50-35(47)43-19-21(18-40-43)31-25-13-14-42-32(25)20(17-39-42)15-29(31)49-28-11-7-23(16-27(28)38)41-33(45)26-10-12-30(48-4)44(34(26)46)24-8-5-22(37)6-9-24/h5-12,15-19H,13-14H2,1-4H3,(H,41,45). The normalized spacial score (nSPS) is 12.3. The van der Waals surface area contributed by atoms with Crippen molar-refractivity contribution < 1.29 is 32.6 Å². The number of carbonyl (C=O) groups excluding carboxylic acids is 2. The second kappa shape index (κ2) is 12.3. The lowest BCUT2D eigenvalue weighted by molar-refractivity contribution is 0.0514. The van der Waals surface area contributed by atoms with Gasteiger partial charge in [-0.05, 0) is 87.4 Å². The monoisotopic (exact) mass is 680 g/mol. The van der Waals surface area contributed by atoms with Gasteiger partial charge in [0.1, 0.15) is 22.7 Å². The summed E-state index contributed by atoms with van der Waals surface area (Å²) in [5, 5.41) is 12.0. The Balaban J connectivity index is 1.18. The van der Waals surface area contributed by atoms with Crippen LogP contribution in [-0.2, 0) is 17.7 Å². The van der Waals surface area contributed by atoms with Crippen LogP contribution in [0.2, 0.25) is 0 Å². The van der Waals surface area contributed by atoms with Gasteiger partial charge in [-0.2, -0.15) is 14.9 Å². The third kappa shape index (κ3) is 5.95. The number of carbonyl (C=O) groups is 2. The summed E-state index contributed by atoms with van der Waals surface area (Å²) in [5.74, 6) is -1.77. The zero-order valence-electron chi connectivity index (χ0n) is 27.4. The maximum Gasteiger partial charge on any atom is 0.435 e. The molecule has 50 heavy (non-hydrogen) atoms. The van der Waals surface area contributed by atoms with Gasteiger partial charge < -0.3 is 19.5 Å². The average Bonchev–Trinajstić information content (AvgIpc) is 3.82. The molecule has 4 heterocycles. The van der Waals surface area contributed by atoms with Crippen molar-refractivity contribution in [1.82, 2.24) is 24.1 Å². The van der Waals surface area contributed by atoms with Crippen LogP contribution in [0.25, 0.3) is 27.7 Å². The first-order valence-electron chi connectivity index (χ1n) is 15.5. The minimum absolute atomic E-state index is 0.0672. The molecule has 1 aliphatic rings. The van der Waals surface area contributed by atoms with Crippen molar-refractivity contribution in [3.05, 3.63) is 112 Å². The fraction of sp³-hybridized carbons (Fsp3) is 0.194. The van der Waals surface area contributed by atoms with E-state index in [4.69, 9.17) is 14.2 Å². The first-order valence-corrected chi connectivity index (χ1v) is 15.5. The number of aromatic nitrogens is 5. The summed E-state index contributed by atoms with van der Waals surface area (Å²) >= 11 is 0. The number of hydrogen-bond donors (Lipinski definition) is 1. The van der Waals surface area contributed by atoms with Crippen molar-refractivity contribution in [3.63, 3.8) is 0 Å². The van der Waals surface area contributed by atoms with E-state index in [2.05, 4.69) is 15.5 Å². The van der Waals surface area contributed by atoms with Crippen molar-refractivity contribution in [2.75, 3.05) is 12.4 Å². The Hall–Kier alpha value is -6.31. The summed E-state index contributed by atoms with van der Waals surface area (Å²) in [6.45, 7) is 5.91. The zero-order valence-corrected chi connectivity index (χ0v) is 27.4. The molecular weight excluding hydrogens is 650 g/mol. The summed E-state index contributed by atoms with van der Waals surface area (Å²) in [4.78, 5) is 39.3. The van der Waals surface area contributed by atoms with E-state index in [0.717, 1.165) is 31.8 Å². The summed E-state index contributed by atoms with van der Waals surface area (Å²) in [6, 6.07) is 13.5. The molecule has 1 N–H and O–H groups in total. The van der Waals surface area contributed by atoms with E-state index in [1.54, 1.807) is 33.0 Å². The Morgan fingerprint density at radius 2 is 1.72 bits per heavy atom. The number of nitrogens with one attached hydrogen (secondary N) is 1. The highest BCUT2D eigenvalue weighted by Gasteiger charge is 2.27. The van der Waals surface area contributed by atoms with Gasteiger partial charge in [-0.15, -0.1) is 0 Å². The maximum absolute atomic E-state index is 15.6. The van der Waals surface area contributed by atoms with Crippen LogP contribution >= 0.6 is 0 Å². The van der Waals surface area contributed by atoms with Crippen LogP contribution < -0.4 is 20.3 Å². The number of methoxy groups -OCH3 is 1. The quantitative estimate of drug-likeness (QED) is 0.197. The van der Waals surface area contributed by atoms with Crippen LogP contribution in [0.5, 0.6) is 17.4 Å². The molecule has 0 unspecified atom stereocenters. The van der Waals surface area contributed by atoms with Crippen molar-refractivity contribution in [3.8, 4) is 34.2 Å². The highest BCUT2D eigenvalue weighted by Crippen LogP contribution is 2.43. The third-order valence-electron chi connectivity index (χ3n) is 8.01. The molecule has 7 rings (SSSR count). The number of hydrogen-bond acceptors (Lipinski definition) is 8. The number of anilines is 1. The van der Waals surface area contributed by atoms with E-state index < -0.39 is 34.8 Å². The Labute approximate surface area is 283 Å². The van der Waals surface area contributed by atoms with Gasteiger partial charge in [-0.25, -0.2) is 18.1 Å². The first kappa shape index (κ1) is 32.2. The van der Waals surface area contributed by atoms with Crippen LogP contribution in [0.1, 0.15) is 36.7 Å². The van der Waals surface area contributed by atoms with Gasteiger partial charge in [0.2, 0.25) is 5.88 Å². The van der Waals surface area contributed by atoms with Crippen LogP contribution in [-0.4, -0.2) is 48.8 Å². The third-order valence-corrected chi connectivity index (χ3v) is 8.01. The molecule has 0 saturated heterocycles. The second-order valence-electron chi connectivity index (χ2n) is 12.5. The minimum atomic E-state index is -0.795. The minimum Gasteiger partial charge on any atom is -0.482 e. The molecule has 3 aromatic heterocycles. The smallest absolute Gasteiger partial charge is 0.435 e. The molecule has 0 fully saturated rings. The molecule has 3 aromatic carbocycles. The number of nitrogens with zero attached hydrogens (tertiary/aromatic N) is 5. The molecule has 254 valence electrons. The maximum atomic E-state index is 15.6. The van der Waals surface area contributed by atoms with Crippen molar-refractivity contribution in [2.45, 2.75) is 39.3 Å². The lowest BCUT2D eigenvalue weighted by Gasteiger charge is -2.18. The summed E-state index contributed by atoms with van der Waals surface area (Å²) in [5.41, 5.74) is 1.67. The molecular formula is C36H30F2N6O6. The van der Waals surface area contributed by atoms with Crippen LogP contribution in [0.3, 0.4) is 0 Å². The van der Waals surface area contributed by atoms with Gasteiger partial charge in [0.15, 0.2) is 11.6 Å². The summed E-state index contributed by atoms with van der Waals surface area (Å²) < 4.78 is 50.2. The van der Waals surface area contributed by atoms with Gasteiger partial charge in [0.25, 0.3) is 11.5 Å². The fourth-order valence-electron chi connectivity index (χ4n) is 5.87. The largest absolute Gasteiger partial charge is 0.482 e. The summed E-state index contributed by atoms with van der Waals surface area (Å²) in [7, 11) is 1.36. The molecule has 12 nitrogen and oxygen atoms in total. The average molecular weight is 681 g/mol. The fourth-order valence-corrected chi connectivity index (χ4v) is 5.87. The predicted octanol–water partition coefficient (Wildman–Crippen LogP) is 6.72. The Morgan fingerprint density at radius 3 is 2.44 bits per heavy atom. The Bertz CT molecular complexity index is 2370. The number of benzene rings is 3. The molecule has 1 aliphatic heterocycles. The van der Waals surface area contributed by atoms with Crippen LogP contribution in [0.15, 0.2) is 84.0 Å². The van der Waals surface area contributed by atoms with Gasteiger partial charge in [0.05, 0.1) is 30.7 Å². The van der Waals surface area contributed by atoms with Crippen LogP contribution in [0.4, 0.5) is 19.3 Å². The molecule has 0 spiro atoms. The second-order valence-corrected chi connectivity index (χ2v) is 12.5. The predicted molar refractivity (Wildman–Crippen MR) is 179 cm³/mol.